The largest absolute Gasteiger partial charge is 0.468 e. The predicted octanol–water partition coefficient (Wildman–Crippen LogP) is 2.86. The molecular weight excluding hydrogens is 250 g/mol. The highest BCUT2D eigenvalue weighted by molar-refractivity contribution is 6.30. The van der Waals surface area contributed by atoms with E-state index in [1.807, 2.05) is 19.1 Å². The smallest absolute Gasteiger partial charge is 0.327 e. The molecule has 1 unspecified atom stereocenters. The number of nitrogens with one attached hydrogen (secondary N) is 1. The molecule has 1 aliphatic rings. The van der Waals surface area contributed by atoms with E-state index >= 15 is 0 Å². The Kier molecular flexibility index (Phi) is 4.25. The minimum atomic E-state index is -0.395. The fourth-order valence-electron chi connectivity index (χ4n) is 2.01. The fraction of sp³-hybridized carbons (Fsp3) is 0.500. The zero-order valence-corrected chi connectivity index (χ0v) is 11.5. The van der Waals surface area contributed by atoms with Gasteiger partial charge in [-0.2, -0.15) is 0 Å². The van der Waals surface area contributed by atoms with Gasteiger partial charge in [0, 0.05) is 5.02 Å². The van der Waals surface area contributed by atoms with Gasteiger partial charge in [0.25, 0.3) is 0 Å². The SMILES string of the molecule is COC(=O)C(NCC1CC1)c1ccc(Cl)cc1C. The average molecular weight is 268 g/mol. The van der Waals surface area contributed by atoms with E-state index in [9.17, 15) is 4.79 Å². The number of methoxy groups -OCH3 is 1. The summed E-state index contributed by atoms with van der Waals surface area (Å²) in [5.41, 5.74) is 1.94. The second-order valence-electron chi connectivity index (χ2n) is 4.81. The lowest BCUT2D eigenvalue weighted by molar-refractivity contribution is -0.143. The van der Waals surface area contributed by atoms with Gasteiger partial charge in [-0.25, -0.2) is 4.79 Å². The third kappa shape index (κ3) is 3.24. The average Bonchev–Trinajstić information content (AvgIpc) is 3.15. The summed E-state index contributed by atoms with van der Waals surface area (Å²) in [6, 6.07) is 5.16. The second kappa shape index (κ2) is 5.72. The van der Waals surface area contributed by atoms with Crippen molar-refractivity contribution < 1.29 is 9.53 Å². The molecule has 1 atom stereocenters. The van der Waals surface area contributed by atoms with Crippen LogP contribution in [-0.2, 0) is 9.53 Å². The van der Waals surface area contributed by atoms with Crippen molar-refractivity contribution in [1.29, 1.82) is 0 Å². The van der Waals surface area contributed by atoms with Crippen molar-refractivity contribution in [3.8, 4) is 0 Å². The Bertz CT molecular complexity index is 443. The van der Waals surface area contributed by atoms with Crippen LogP contribution in [0.1, 0.15) is 30.0 Å². The van der Waals surface area contributed by atoms with Gasteiger partial charge in [0.05, 0.1) is 7.11 Å². The molecule has 0 spiro atoms. The standard InChI is InChI=1S/C14H18ClNO2/c1-9-7-11(15)5-6-12(9)13(14(17)18-2)16-8-10-3-4-10/h5-7,10,13,16H,3-4,8H2,1-2H3. The van der Waals surface area contributed by atoms with Crippen LogP contribution in [0, 0.1) is 12.8 Å². The van der Waals surface area contributed by atoms with Crippen LogP contribution in [0.3, 0.4) is 0 Å². The van der Waals surface area contributed by atoms with Gasteiger partial charge in [0.15, 0.2) is 0 Å². The molecule has 0 aromatic heterocycles. The Labute approximate surface area is 112 Å². The van der Waals surface area contributed by atoms with E-state index in [-0.39, 0.29) is 5.97 Å². The molecule has 1 fully saturated rings. The van der Waals surface area contributed by atoms with Gasteiger partial charge in [-0.1, -0.05) is 17.7 Å². The molecule has 18 heavy (non-hydrogen) atoms. The van der Waals surface area contributed by atoms with Crippen LogP contribution in [0.15, 0.2) is 18.2 Å². The first-order chi connectivity index (χ1) is 8.61. The molecule has 1 aliphatic carbocycles. The lowest BCUT2D eigenvalue weighted by atomic mass is 10.0. The molecule has 1 saturated carbocycles. The van der Waals surface area contributed by atoms with E-state index < -0.39 is 6.04 Å². The second-order valence-corrected chi connectivity index (χ2v) is 5.25. The third-order valence-corrected chi connectivity index (χ3v) is 3.52. The molecule has 1 N–H and O–H groups in total. The highest BCUT2D eigenvalue weighted by Crippen LogP contribution is 2.29. The number of benzene rings is 1. The zero-order chi connectivity index (χ0) is 13.1. The Morgan fingerprint density at radius 1 is 1.56 bits per heavy atom. The van der Waals surface area contributed by atoms with Crippen molar-refractivity contribution in [1.82, 2.24) is 5.32 Å². The molecule has 3 nitrogen and oxygen atoms in total. The molecule has 1 aromatic rings. The first kappa shape index (κ1) is 13.4. The molecular formula is C14H18ClNO2. The van der Waals surface area contributed by atoms with Crippen molar-refractivity contribution in [3.05, 3.63) is 34.3 Å². The molecule has 0 heterocycles. The Hall–Kier alpha value is -1.06. The number of ether oxygens (including phenoxy) is 1. The number of carbonyl (C=O) groups excluding carboxylic acids is 1. The molecule has 4 heteroatoms. The number of halogens is 1. The Morgan fingerprint density at radius 2 is 2.28 bits per heavy atom. The summed E-state index contributed by atoms with van der Waals surface area (Å²) >= 11 is 5.94. The molecule has 1 aromatic carbocycles. The minimum absolute atomic E-state index is 0.249. The number of aryl methyl sites for hydroxylation is 1. The van der Waals surface area contributed by atoms with Crippen LogP contribution in [0.2, 0.25) is 5.02 Å². The summed E-state index contributed by atoms with van der Waals surface area (Å²) in [7, 11) is 1.42. The summed E-state index contributed by atoms with van der Waals surface area (Å²) in [5, 5.41) is 3.97. The molecule has 2 rings (SSSR count). The summed E-state index contributed by atoms with van der Waals surface area (Å²) < 4.78 is 4.87. The van der Waals surface area contributed by atoms with Gasteiger partial charge < -0.3 is 10.1 Å². The highest BCUT2D eigenvalue weighted by Gasteiger charge is 2.27. The maximum atomic E-state index is 11.9. The van der Waals surface area contributed by atoms with Crippen molar-refractivity contribution in [2.45, 2.75) is 25.8 Å². The van der Waals surface area contributed by atoms with E-state index in [2.05, 4.69) is 5.32 Å². The normalized spacial score (nSPS) is 16.4. The maximum Gasteiger partial charge on any atom is 0.327 e. The first-order valence-electron chi connectivity index (χ1n) is 6.19. The molecule has 0 aliphatic heterocycles. The van der Waals surface area contributed by atoms with E-state index in [0.29, 0.717) is 10.9 Å². The molecule has 0 bridgehead atoms. The van der Waals surface area contributed by atoms with Gasteiger partial charge in [-0.3, -0.25) is 0 Å². The monoisotopic (exact) mass is 267 g/mol. The number of rotatable bonds is 5. The van der Waals surface area contributed by atoms with Gasteiger partial charge >= 0.3 is 5.97 Å². The predicted molar refractivity (Wildman–Crippen MR) is 71.7 cm³/mol. The number of carbonyl (C=O) groups is 1. The van der Waals surface area contributed by atoms with E-state index in [1.54, 1.807) is 6.07 Å². The van der Waals surface area contributed by atoms with E-state index in [1.165, 1.54) is 20.0 Å². The summed E-state index contributed by atoms with van der Waals surface area (Å²) in [6.07, 6.45) is 2.50. The number of esters is 1. The van der Waals surface area contributed by atoms with Crippen LogP contribution < -0.4 is 5.32 Å². The van der Waals surface area contributed by atoms with Crippen LogP contribution >= 0.6 is 11.6 Å². The molecule has 0 saturated heterocycles. The van der Waals surface area contributed by atoms with Crippen molar-refractivity contribution in [3.63, 3.8) is 0 Å². The molecule has 98 valence electrons. The molecule has 0 radical (unpaired) electrons. The van der Waals surface area contributed by atoms with Crippen molar-refractivity contribution in [2.75, 3.05) is 13.7 Å². The van der Waals surface area contributed by atoms with Gasteiger partial charge in [-0.15, -0.1) is 0 Å². The molecule has 0 amide bonds. The van der Waals surface area contributed by atoms with Crippen LogP contribution in [0.25, 0.3) is 0 Å². The summed E-state index contributed by atoms with van der Waals surface area (Å²) in [5.74, 6) is 0.464. The summed E-state index contributed by atoms with van der Waals surface area (Å²) in [6.45, 7) is 2.82. The fourth-order valence-corrected chi connectivity index (χ4v) is 2.23. The topological polar surface area (TPSA) is 38.3 Å². The maximum absolute atomic E-state index is 11.9. The zero-order valence-electron chi connectivity index (χ0n) is 10.7. The van der Waals surface area contributed by atoms with E-state index in [4.69, 9.17) is 16.3 Å². The van der Waals surface area contributed by atoms with Gasteiger partial charge in [0.2, 0.25) is 0 Å². The third-order valence-electron chi connectivity index (χ3n) is 3.29. The van der Waals surface area contributed by atoms with Crippen LogP contribution in [0.5, 0.6) is 0 Å². The number of hydrogen-bond acceptors (Lipinski definition) is 3. The Morgan fingerprint density at radius 3 is 2.83 bits per heavy atom. The van der Waals surface area contributed by atoms with Crippen molar-refractivity contribution in [2.24, 2.45) is 5.92 Å². The van der Waals surface area contributed by atoms with Gasteiger partial charge in [0.1, 0.15) is 6.04 Å². The van der Waals surface area contributed by atoms with Gasteiger partial charge in [-0.05, 0) is 55.5 Å². The van der Waals surface area contributed by atoms with Crippen LogP contribution in [-0.4, -0.2) is 19.6 Å². The van der Waals surface area contributed by atoms with E-state index in [0.717, 1.165) is 17.7 Å². The number of hydrogen-bond donors (Lipinski definition) is 1. The Balaban J connectivity index is 2.17. The van der Waals surface area contributed by atoms with Crippen LogP contribution in [0.4, 0.5) is 0 Å². The highest BCUT2D eigenvalue weighted by atomic mass is 35.5. The quantitative estimate of drug-likeness (QED) is 0.834. The minimum Gasteiger partial charge on any atom is -0.468 e. The first-order valence-corrected chi connectivity index (χ1v) is 6.57. The lowest BCUT2D eigenvalue weighted by Crippen LogP contribution is -2.31. The summed E-state index contributed by atoms with van der Waals surface area (Å²) in [4.78, 5) is 11.9. The lowest BCUT2D eigenvalue weighted by Gasteiger charge is -2.19. The van der Waals surface area contributed by atoms with Crippen molar-refractivity contribution >= 4 is 17.6 Å².